The molecule has 2 aromatic rings. The second-order valence-electron chi connectivity index (χ2n) is 3.65. The summed E-state index contributed by atoms with van der Waals surface area (Å²) < 4.78 is 13.3. The fraction of sp³-hybridized carbons (Fsp3) is 0.0769. The van der Waals surface area contributed by atoms with Gasteiger partial charge in [0.2, 0.25) is 0 Å². The smallest absolute Gasteiger partial charge is 0.274 e. The maximum absolute atomic E-state index is 12.5. The Morgan fingerprint density at radius 1 is 1.33 bits per heavy atom. The molecule has 2 rings (SSSR count). The van der Waals surface area contributed by atoms with E-state index in [-0.39, 0.29) is 5.91 Å². The summed E-state index contributed by atoms with van der Waals surface area (Å²) in [4.78, 5) is 15.8. The summed E-state index contributed by atoms with van der Waals surface area (Å²) >= 11 is 3.27. The van der Waals surface area contributed by atoms with Crippen LogP contribution in [-0.2, 0) is 6.67 Å². The molecular weight excluding hydrogens is 299 g/mol. The lowest BCUT2D eigenvalue weighted by atomic mass is 10.2. The molecule has 0 saturated carbocycles. The number of nitrogens with zero attached hydrogens (tertiary/aromatic N) is 1. The van der Waals surface area contributed by atoms with Crippen LogP contribution in [0.15, 0.2) is 47.1 Å². The molecule has 0 saturated heterocycles. The Labute approximate surface area is 112 Å². The number of nitrogens with one attached hydrogen (secondary N) is 1. The summed E-state index contributed by atoms with van der Waals surface area (Å²) in [7, 11) is 0. The van der Waals surface area contributed by atoms with E-state index in [0.717, 1.165) is 4.47 Å². The maximum atomic E-state index is 12.5. The van der Waals surface area contributed by atoms with Gasteiger partial charge < -0.3 is 5.32 Å². The van der Waals surface area contributed by atoms with Gasteiger partial charge in [-0.05, 0) is 29.8 Å². The van der Waals surface area contributed by atoms with E-state index in [1.165, 1.54) is 6.20 Å². The molecule has 0 aliphatic rings. The van der Waals surface area contributed by atoms with Crippen LogP contribution in [0.25, 0.3) is 0 Å². The first kappa shape index (κ1) is 12.7. The van der Waals surface area contributed by atoms with E-state index in [9.17, 15) is 9.18 Å². The van der Waals surface area contributed by atoms with Crippen LogP contribution >= 0.6 is 15.9 Å². The summed E-state index contributed by atoms with van der Waals surface area (Å²) in [6.45, 7) is -0.557. The van der Waals surface area contributed by atoms with Crippen molar-refractivity contribution in [3.8, 4) is 0 Å². The molecule has 92 valence electrons. The SMILES string of the molecule is O=C(Nc1cccc(CF)c1)c1cc(Br)ccn1. The van der Waals surface area contributed by atoms with Crippen LogP contribution < -0.4 is 5.32 Å². The van der Waals surface area contributed by atoms with Crippen LogP contribution in [0.4, 0.5) is 10.1 Å². The molecule has 1 amide bonds. The van der Waals surface area contributed by atoms with Crippen molar-refractivity contribution in [1.29, 1.82) is 0 Å². The molecule has 18 heavy (non-hydrogen) atoms. The molecule has 0 aliphatic heterocycles. The van der Waals surface area contributed by atoms with Gasteiger partial charge in [-0.2, -0.15) is 0 Å². The maximum Gasteiger partial charge on any atom is 0.274 e. The zero-order valence-corrected chi connectivity index (χ0v) is 10.9. The third kappa shape index (κ3) is 3.13. The van der Waals surface area contributed by atoms with Crippen LogP contribution in [-0.4, -0.2) is 10.9 Å². The van der Waals surface area contributed by atoms with E-state index in [1.54, 1.807) is 36.4 Å². The van der Waals surface area contributed by atoms with Crippen molar-refractivity contribution < 1.29 is 9.18 Å². The average Bonchev–Trinajstić information content (AvgIpc) is 2.39. The second kappa shape index (κ2) is 5.73. The standard InChI is InChI=1S/C13H10BrFN2O/c14-10-4-5-16-12(7-10)13(18)17-11-3-1-2-9(6-11)8-15/h1-7H,8H2,(H,17,18). The van der Waals surface area contributed by atoms with Gasteiger partial charge in [-0.25, -0.2) is 4.39 Å². The van der Waals surface area contributed by atoms with Gasteiger partial charge in [-0.3, -0.25) is 9.78 Å². The molecule has 0 unspecified atom stereocenters. The van der Waals surface area contributed by atoms with Crippen LogP contribution in [0.2, 0.25) is 0 Å². The molecule has 0 atom stereocenters. The van der Waals surface area contributed by atoms with Gasteiger partial charge in [0.05, 0.1) is 0 Å². The number of aromatic nitrogens is 1. The van der Waals surface area contributed by atoms with Gasteiger partial charge in [-0.15, -0.1) is 0 Å². The fourth-order valence-corrected chi connectivity index (χ4v) is 1.79. The molecule has 1 aromatic carbocycles. The molecule has 5 heteroatoms. The van der Waals surface area contributed by atoms with Crippen LogP contribution in [0, 0.1) is 0 Å². The number of hydrogen-bond donors (Lipinski definition) is 1. The predicted octanol–water partition coefficient (Wildman–Crippen LogP) is 3.57. The highest BCUT2D eigenvalue weighted by molar-refractivity contribution is 9.10. The Hall–Kier alpha value is -1.75. The summed E-state index contributed by atoms with van der Waals surface area (Å²) in [6, 6.07) is 10.0. The van der Waals surface area contributed by atoms with E-state index in [1.807, 2.05) is 0 Å². The Kier molecular flexibility index (Phi) is 4.04. The van der Waals surface area contributed by atoms with Crippen molar-refractivity contribution in [3.05, 3.63) is 58.3 Å². The number of alkyl halides is 1. The Morgan fingerprint density at radius 3 is 2.89 bits per heavy atom. The van der Waals surface area contributed by atoms with Gasteiger partial charge in [0.25, 0.3) is 5.91 Å². The first-order valence-electron chi connectivity index (χ1n) is 5.27. The molecule has 0 fully saturated rings. The third-order valence-electron chi connectivity index (χ3n) is 2.29. The molecular formula is C13H10BrFN2O. The van der Waals surface area contributed by atoms with E-state index in [4.69, 9.17) is 0 Å². The second-order valence-corrected chi connectivity index (χ2v) is 4.56. The van der Waals surface area contributed by atoms with Gasteiger partial charge in [0, 0.05) is 16.4 Å². The predicted molar refractivity (Wildman–Crippen MR) is 71.1 cm³/mol. The molecule has 0 aliphatic carbocycles. The van der Waals surface area contributed by atoms with Gasteiger partial charge in [-0.1, -0.05) is 28.1 Å². The third-order valence-corrected chi connectivity index (χ3v) is 2.79. The van der Waals surface area contributed by atoms with E-state index in [2.05, 4.69) is 26.2 Å². The lowest BCUT2D eigenvalue weighted by molar-refractivity contribution is 0.102. The summed E-state index contributed by atoms with van der Waals surface area (Å²) in [5.74, 6) is -0.327. The highest BCUT2D eigenvalue weighted by Gasteiger charge is 2.08. The molecule has 1 heterocycles. The zero-order valence-electron chi connectivity index (χ0n) is 9.36. The first-order chi connectivity index (χ1) is 8.69. The fourth-order valence-electron chi connectivity index (χ4n) is 1.46. The number of pyridine rings is 1. The number of anilines is 1. The zero-order chi connectivity index (χ0) is 13.0. The van der Waals surface area contributed by atoms with E-state index in [0.29, 0.717) is 16.9 Å². The van der Waals surface area contributed by atoms with Gasteiger partial charge in [0.15, 0.2) is 0 Å². The summed E-state index contributed by atoms with van der Waals surface area (Å²) in [5.41, 5.74) is 1.38. The van der Waals surface area contributed by atoms with Gasteiger partial charge >= 0.3 is 0 Å². The van der Waals surface area contributed by atoms with E-state index < -0.39 is 6.67 Å². The summed E-state index contributed by atoms with van der Waals surface area (Å²) in [6.07, 6.45) is 1.54. The van der Waals surface area contributed by atoms with Crippen molar-refractivity contribution in [2.75, 3.05) is 5.32 Å². The highest BCUT2D eigenvalue weighted by Crippen LogP contribution is 2.14. The number of halogens is 2. The average molecular weight is 309 g/mol. The molecule has 0 radical (unpaired) electrons. The van der Waals surface area contributed by atoms with Crippen LogP contribution in [0.1, 0.15) is 16.1 Å². The number of benzene rings is 1. The van der Waals surface area contributed by atoms with Crippen molar-refractivity contribution in [1.82, 2.24) is 4.98 Å². The van der Waals surface area contributed by atoms with Crippen molar-refractivity contribution in [3.63, 3.8) is 0 Å². The normalized spacial score (nSPS) is 10.1. The van der Waals surface area contributed by atoms with Crippen molar-refractivity contribution in [2.24, 2.45) is 0 Å². The molecule has 0 bridgehead atoms. The van der Waals surface area contributed by atoms with Gasteiger partial charge in [0.1, 0.15) is 12.4 Å². The van der Waals surface area contributed by atoms with Crippen molar-refractivity contribution >= 4 is 27.5 Å². The van der Waals surface area contributed by atoms with Crippen LogP contribution in [0.3, 0.4) is 0 Å². The Bertz CT molecular complexity index is 574. The number of hydrogen-bond acceptors (Lipinski definition) is 2. The minimum atomic E-state index is -0.557. The van der Waals surface area contributed by atoms with Crippen LogP contribution in [0.5, 0.6) is 0 Å². The number of carbonyl (C=O) groups excluding carboxylic acids is 1. The van der Waals surface area contributed by atoms with E-state index >= 15 is 0 Å². The largest absolute Gasteiger partial charge is 0.321 e. The lowest BCUT2D eigenvalue weighted by Crippen LogP contribution is -2.13. The number of rotatable bonds is 3. The molecule has 3 nitrogen and oxygen atoms in total. The number of amides is 1. The Morgan fingerprint density at radius 2 is 2.17 bits per heavy atom. The number of carbonyl (C=O) groups is 1. The monoisotopic (exact) mass is 308 g/mol. The molecule has 1 aromatic heterocycles. The Balaban J connectivity index is 2.16. The quantitative estimate of drug-likeness (QED) is 0.942. The minimum Gasteiger partial charge on any atom is -0.321 e. The molecule has 0 spiro atoms. The van der Waals surface area contributed by atoms with Crippen molar-refractivity contribution in [2.45, 2.75) is 6.67 Å². The molecule has 1 N–H and O–H groups in total. The summed E-state index contributed by atoms with van der Waals surface area (Å²) in [5, 5.41) is 2.67. The highest BCUT2D eigenvalue weighted by atomic mass is 79.9. The minimum absolute atomic E-state index is 0.301. The lowest BCUT2D eigenvalue weighted by Gasteiger charge is -2.05. The first-order valence-corrected chi connectivity index (χ1v) is 6.06. The topological polar surface area (TPSA) is 42.0 Å².